The van der Waals surface area contributed by atoms with Crippen molar-refractivity contribution < 1.29 is 41.9 Å². The molecular formula is C105H126N6O9Si3. The van der Waals surface area contributed by atoms with Gasteiger partial charge in [-0.15, -0.1) is 0 Å². The quantitative estimate of drug-likeness (QED) is 0.0501. The fourth-order valence-corrected chi connectivity index (χ4v) is 40.5. The van der Waals surface area contributed by atoms with Crippen LogP contribution in [-0.4, -0.2) is 108 Å². The van der Waals surface area contributed by atoms with Gasteiger partial charge in [0.25, 0.3) is 0 Å². The van der Waals surface area contributed by atoms with Gasteiger partial charge in [-0.25, -0.2) is 0 Å². The molecule has 0 amide bonds. The van der Waals surface area contributed by atoms with E-state index in [-0.39, 0.29) is 34.0 Å². The molecule has 18 heteroatoms. The number of ketones is 3. The maximum atomic E-state index is 13.9. The summed E-state index contributed by atoms with van der Waals surface area (Å²) >= 11 is 0. The zero-order valence-corrected chi connectivity index (χ0v) is 80.3. The van der Waals surface area contributed by atoms with Gasteiger partial charge < -0.3 is 53.9 Å². The van der Waals surface area contributed by atoms with Crippen molar-refractivity contribution in [1.29, 1.82) is 0 Å². The Morgan fingerprint density at radius 2 is 0.577 bits per heavy atom. The summed E-state index contributed by atoms with van der Waals surface area (Å²) in [5.41, 5.74) is 36.4. The fourth-order valence-electron chi connectivity index (χ4n) is 25.1. The van der Waals surface area contributed by atoms with Crippen molar-refractivity contribution in [1.82, 2.24) is 26.4 Å². The number of hydrogen-bond acceptors (Lipinski definition) is 12. The summed E-state index contributed by atoms with van der Waals surface area (Å²) in [6.45, 7) is 48.5. The van der Waals surface area contributed by atoms with E-state index in [1.54, 1.807) is 21.3 Å². The summed E-state index contributed by atoms with van der Waals surface area (Å²) in [4.78, 5) is 41.8. The van der Waals surface area contributed by atoms with Crippen molar-refractivity contribution in [3.8, 4) is 34.5 Å². The van der Waals surface area contributed by atoms with Crippen LogP contribution >= 0.6 is 0 Å². The number of allylic oxidation sites excluding steroid dienone is 6. The molecule has 3 fully saturated rings. The number of ether oxygens (including phenoxy) is 3. The lowest BCUT2D eigenvalue weighted by Gasteiger charge is -2.56. The van der Waals surface area contributed by atoms with Crippen LogP contribution in [0, 0.1) is 41.5 Å². The second-order valence-corrected chi connectivity index (χ2v) is 45.3. The topological polar surface area (TPSA) is 131 Å². The number of methoxy groups -OCH3 is 3. The molecule has 123 heavy (non-hydrogen) atoms. The summed E-state index contributed by atoms with van der Waals surface area (Å²) in [6, 6.07) is 48.4. The van der Waals surface area contributed by atoms with E-state index in [9.17, 15) is 14.4 Å². The summed E-state index contributed by atoms with van der Waals surface area (Å²) in [7, 11) is -3.94. The highest BCUT2D eigenvalue weighted by Gasteiger charge is 2.69. The molecule has 3 saturated heterocycles. The van der Waals surface area contributed by atoms with Crippen LogP contribution in [0.15, 0.2) is 196 Å². The Labute approximate surface area is 733 Å². The lowest BCUT2D eigenvalue weighted by atomic mass is 9.86. The van der Waals surface area contributed by atoms with Crippen LogP contribution in [0.3, 0.4) is 0 Å². The second kappa shape index (κ2) is 32.2. The van der Waals surface area contributed by atoms with Crippen molar-refractivity contribution in [2.45, 2.75) is 257 Å². The zero-order chi connectivity index (χ0) is 87.8. The minimum atomic E-state index is -2.98. The van der Waals surface area contributed by atoms with E-state index in [1.807, 2.05) is 146 Å². The Balaban J connectivity index is 0.000000137. The molecule has 15 nitrogen and oxygen atoms in total. The van der Waals surface area contributed by atoms with E-state index < -0.39 is 25.9 Å². The van der Waals surface area contributed by atoms with Gasteiger partial charge in [0.05, 0.1) is 54.6 Å². The molecule has 0 radical (unpaired) electrons. The minimum Gasteiger partial charge on any atom is -0.509 e. The lowest BCUT2D eigenvalue weighted by molar-refractivity contribution is 0.102. The Hall–Kier alpha value is -10.5. The molecule has 0 saturated carbocycles. The van der Waals surface area contributed by atoms with Gasteiger partial charge in [-0.3, -0.25) is 14.4 Å². The minimum absolute atomic E-state index is 0.0326. The van der Waals surface area contributed by atoms with Gasteiger partial charge in [0.15, 0.2) is 17.3 Å². The SMILES string of the molecule is CCC1=C(C)C2=C(C)c3c(C)c(CC)c(C)n3[Si@@]3(Oc4cc(OC)ccc4C(=O)c4ccccc4)CCC[C@]1(C)N23.CCC1=C(C)C2=C(C)c3c(C)c(CC)c(C)n3[Si@]3(Oc4cc(OC)ccc4C(=O)c4ccccc4)CCC[C@@]1(C)N23.CCC1=C(C)C2=C(C)c3c(C)c(CC)c(C)n3[Si@]3(Oc4cc(OC)ccc4C(=O)c4ccccc4)CCC[C@@]1(C)N23. The van der Waals surface area contributed by atoms with Gasteiger partial charge in [0.1, 0.15) is 34.5 Å². The number of fused-ring (bicyclic) bond motifs is 6. The Morgan fingerprint density at radius 1 is 0.333 bits per heavy atom. The fraction of sp³-hybridized carbons (Fsp3) is 0.400. The lowest BCUT2D eigenvalue weighted by Crippen LogP contribution is -2.72. The van der Waals surface area contributed by atoms with E-state index in [0.717, 1.165) is 95.2 Å². The molecule has 9 aromatic rings. The normalized spacial score (nSPS) is 23.1. The van der Waals surface area contributed by atoms with E-state index in [2.05, 4.69) is 172 Å². The first-order chi connectivity index (χ1) is 58.9. The number of rotatable bonds is 21. The van der Waals surface area contributed by atoms with Gasteiger partial charge in [-0.05, 0) is 301 Å². The standard InChI is InChI=1S/3C35H42N2O3Si/c3*1-9-28-22(3)32-24(5)33-23(4)30(10-2)35(7)19-14-20-41(37(33)35,36(32)25(28)6)40-31-21-27(39-8)17-18-29(31)34(38)26-15-12-11-13-16-26/h3*11-13,15-18,21H,9-10,14,19-20H2,1-8H3/t3*35-,41-/m110/s1. The molecule has 6 atom stereocenters. The van der Waals surface area contributed by atoms with Crippen LogP contribution in [0.1, 0.15) is 277 Å². The van der Waals surface area contributed by atoms with Crippen LogP contribution in [-0.2, 0) is 19.3 Å². The van der Waals surface area contributed by atoms with E-state index >= 15 is 0 Å². The third kappa shape index (κ3) is 12.6. The first kappa shape index (κ1) is 86.0. The first-order valence-corrected chi connectivity index (χ1v) is 51.2. The van der Waals surface area contributed by atoms with Gasteiger partial charge in [0.2, 0.25) is 0 Å². The predicted octanol–water partition coefficient (Wildman–Crippen LogP) is 24.3. The average molecular weight is 1700 g/mol. The van der Waals surface area contributed by atoms with Crippen molar-refractivity contribution in [3.05, 3.63) is 297 Å². The molecule has 0 spiro atoms. The number of carbonyl (C=O) groups is 3. The average Bonchev–Trinajstić information content (AvgIpc) is 1.55. The highest BCUT2D eigenvalue weighted by Crippen LogP contribution is 2.63. The summed E-state index contributed by atoms with van der Waals surface area (Å²) in [6.07, 6.45) is 12.5. The van der Waals surface area contributed by atoms with Crippen molar-refractivity contribution in [2.75, 3.05) is 21.3 Å². The van der Waals surface area contributed by atoms with Crippen molar-refractivity contribution in [2.24, 2.45) is 0 Å². The molecule has 0 bridgehead atoms. The van der Waals surface area contributed by atoms with Gasteiger partial charge in [-0.1, -0.05) is 133 Å². The van der Waals surface area contributed by atoms with Crippen LogP contribution in [0.4, 0.5) is 0 Å². The Morgan fingerprint density at radius 3 is 0.797 bits per heavy atom. The number of hydrogen-bond donors (Lipinski definition) is 0. The number of benzene rings is 6. The molecule has 6 aromatic carbocycles. The van der Waals surface area contributed by atoms with Crippen LogP contribution < -0.4 is 27.5 Å². The molecule has 0 aliphatic carbocycles. The summed E-state index contributed by atoms with van der Waals surface area (Å²) < 4.78 is 55.8. The molecule has 9 aliphatic heterocycles. The molecule has 0 N–H and O–H groups in total. The van der Waals surface area contributed by atoms with Gasteiger partial charge in [-0.2, -0.15) is 0 Å². The first-order valence-electron chi connectivity index (χ1n) is 45.1. The Bertz CT molecular complexity index is 5480. The highest BCUT2D eigenvalue weighted by molar-refractivity contribution is 6.73. The number of aromatic nitrogens is 3. The van der Waals surface area contributed by atoms with Crippen molar-refractivity contribution >= 4 is 60.0 Å². The number of carbonyl (C=O) groups excluding carboxylic acids is 3. The second-order valence-electron chi connectivity index (χ2n) is 36.1. The monoisotopic (exact) mass is 1700 g/mol. The van der Waals surface area contributed by atoms with E-state index in [1.165, 1.54) is 135 Å². The third-order valence-corrected chi connectivity index (χ3v) is 42.7. The Kier molecular flexibility index (Phi) is 22.5. The van der Waals surface area contributed by atoms with Crippen LogP contribution in [0.25, 0.3) is 16.7 Å². The maximum Gasteiger partial charge on any atom is 0.486 e. The van der Waals surface area contributed by atoms with Gasteiger partial charge in [0, 0.05) is 104 Å². The molecule has 0 unspecified atom stereocenters. The maximum absolute atomic E-state index is 13.9. The molecule has 12 heterocycles. The van der Waals surface area contributed by atoms with E-state index in [0.29, 0.717) is 67.9 Å². The predicted molar refractivity (Wildman–Crippen MR) is 503 cm³/mol. The van der Waals surface area contributed by atoms with Crippen LogP contribution in [0.5, 0.6) is 34.5 Å². The molecular weight excluding hydrogens is 1570 g/mol. The third-order valence-electron chi connectivity index (χ3n) is 30.0. The summed E-state index contributed by atoms with van der Waals surface area (Å²) in [5.74, 6) is 3.82. The highest BCUT2D eigenvalue weighted by atomic mass is 28.4. The van der Waals surface area contributed by atoms with Crippen molar-refractivity contribution in [3.63, 3.8) is 0 Å². The molecule has 3 aromatic heterocycles. The summed E-state index contributed by atoms with van der Waals surface area (Å²) in [5, 5.41) is 0. The molecule has 642 valence electrons. The van der Waals surface area contributed by atoms with Crippen LogP contribution in [0.2, 0.25) is 18.1 Å². The largest absolute Gasteiger partial charge is 0.509 e. The molecule has 9 aliphatic rings. The number of nitrogens with zero attached hydrogens (tertiary/aromatic N) is 6. The zero-order valence-electron chi connectivity index (χ0n) is 77.3. The van der Waals surface area contributed by atoms with E-state index in [4.69, 9.17) is 27.5 Å². The smallest absolute Gasteiger partial charge is 0.486 e. The molecule has 18 rings (SSSR count). The van der Waals surface area contributed by atoms with Gasteiger partial charge >= 0.3 is 25.9 Å².